The smallest absolute Gasteiger partial charge is 0.158 e. The average molecular weight is 329 g/mol. The molecule has 3 heterocycles. The monoisotopic (exact) mass is 329 g/mol. The first-order valence-electron chi connectivity index (χ1n) is 8.22. The number of hydrogen-bond acceptors (Lipinski definition) is 4. The van der Waals surface area contributed by atoms with Gasteiger partial charge in [0.25, 0.3) is 0 Å². The molecule has 3 aromatic heterocycles. The number of fused-ring (bicyclic) bond motifs is 1. The summed E-state index contributed by atoms with van der Waals surface area (Å²) in [5.41, 5.74) is 5.37. The van der Waals surface area contributed by atoms with E-state index in [2.05, 4.69) is 39.6 Å². The van der Waals surface area contributed by atoms with Crippen LogP contribution < -0.4 is 11.2 Å². The van der Waals surface area contributed by atoms with E-state index >= 15 is 0 Å². The second-order valence-electron chi connectivity index (χ2n) is 5.94. The van der Waals surface area contributed by atoms with Gasteiger partial charge in [-0.05, 0) is 41.0 Å². The second kappa shape index (κ2) is 6.75. The highest BCUT2D eigenvalue weighted by atomic mass is 15.3. The molecule has 0 unspecified atom stereocenters. The van der Waals surface area contributed by atoms with Crippen LogP contribution in [0.5, 0.6) is 0 Å². The molecule has 5 heteroatoms. The Morgan fingerprint density at radius 1 is 0.880 bits per heavy atom. The van der Waals surface area contributed by atoms with Crippen molar-refractivity contribution in [1.82, 2.24) is 20.0 Å². The first-order chi connectivity index (χ1) is 12.3. The zero-order chi connectivity index (χ0) is 17.1. The molecule has 0 fully saturated rings. The molecular weight excluding hydrogens is 310 g/mol. The summed E-state index contributed by atoms with van der Waals surface area (Å²) < 4.78 is 1.55. The lowest BCUT2D eigenvalue weighted by atomic mass is 10.0. The van der Waals surface area contributed by atoms with Gasteiger partial charge in [0.2, 0.25) is 0 Å². The molecule has 0 radical (unpaired) electrons. The lowest BCUT2D eigenvalue weighted by Gasteiger charge is -2.07. The van der Waals surface area contributed by atoms with Crippen LogP contribution in [0, 0.1) is 0 Å². The van der Waals surface area contributed by atoms with Crippen molar-refractivity contribution in [2.45, 2.75) is 13.1 Å². The lowest BCUT2D eigenvalue weighted by Crippen LogP contribution is -2.13. The Kier molecular flexibility index (Phi) is 4.14. The van der Waals surface area contributed by atoms with Crippen molar-refractivity contribution in [3.05, 3.63) is 84.4 Å². The highest BCUT2D eigenvalue weighted by Gasteiger charge is 2.07. The first kappa shape index (κ1) is 15.4. The maximum atomic E-state index is 5.89. The maximum absolute atomic E-state index is 5.89. The van der Waals surface area contributed by atoms with Crippen molar-refractivity contribution in [2.75, 3.05) is 5.84 Å². The van der Waals surface area contributed by atoms with Crippen LogP contribution in [0.2, 0.25) is 0 Å². The molecule has 124 valence electrons. The number of hydrogen-bond donors (Lipinski definition) is 2. The largest absolute Gasteiger partial charge is 0.338 e. The van der Waals surface area contributed by atoms with Crippen LogP contribution in [0.4, 0.5) is 0 Å². The number of nitrogens with two attached hydrogens (primary N) is 1. The molecule has 0 aliphatic heterocycles. The average Bonchev–Trinajstić information content (AvgIpc) is 3.05. The fourth-order valence-electron chi connectivity index (χ4n) is 2.95. The molecule has 4 rings (SSSR count). The van der Waals surface area contributed by atoms with Crippen molar-refractivity contribution < 1.29 is 0 Å². The predicted octanol–water partition coefficient (Wildman–Crippen LogP) is 3.10. The van der Waals surface area contributed by atoms with Crippen molar-refractivity contribution >= 4 is 11.0 Å². The third-order valence-electron chi connectivity index (χ3n) is 4.24. The normalized spacial score (nSPS) is 11.0. The Bertz CT molecular complexity index is 974. The minimum absolute atomic E-state index is 0.761. The van der Waals surface area contributed by atoms with Crippen molar-refractivity contribution in [1.29, 1.82) is 0 Å². The fraction of sp³-hybridized carbons (Fsp3) is 0.100. The van der Waals surface area contributed by atoms with Gasteiger partial charge < -0.3 is 11.2 Å². The molecule has 5 nitrogen and oxygen atoms in total. The Morgan fingerprint density at radius 2 is 1.76 bits per heavy atom. The summed E-state index contributed by atoms with van der Waals surface area (Å²) in [6.07, 6.45) is 5.44. The van der Waals surface area contributed by atoms with Gasteiger partial charge in [-0.15, -0.1) is 0 Å². The van der Waals surface area contributed by atoms with E-state index in [4.69, 9.17) is 5.84 Å². The number of nitrogens with zero attached hydrogens (tertiary/aromatic N) is 3. The van der Waals surface area contributed by atoms with E-state index in [1.807, 2.05) is 42.7 Å². The van der Waals surface area contributed by atoms with E-state index < -0.39 is 0 Å². The van der Waals surface area contributed by atoms with Crippen molar-refractivity contribution in [3.63, 3.8) is 0 Å². The molecule has 0 saturated heterocycles. The van der Waals surface area contributed by atoms with Gasteiger partial charge in [-0.1, -0.05) is 30.3 Å². The Balaban J connectivity index is 1.48. The summed E-state index contributed by atoms with van der Waals surface area (Å²) >= 11 is 0. The summed E-state index contributed by atoms with van der Waals surface area (Å²) in [7, 11) is 0. The number of aromatic nitrogens is 3. The highest BCUT2D eigenvalue weighted by molar-refractivity contribution is 5.93. The van der Waals surface area contributed by atoms with E-state index in [-0.39, 0.29) is 0 Å². The molecule has 0 amide bonds. The number of rotatable bonds is 5. The Morgan fingerprint density at radius 3 is 2.56 bits per heavy atom. The van der Waals surface area contributed by atoms with Gasteiger partial charge in [0.15, 0.2) is 5.65 Å². The zero-order valence-electron chi connectivity index (χ0n) is 13.8. The second-order valence-corrected chi connectivity index (χ2v) is 5.94. The molecule has 0 bridgehead atoms. The molecule has 4 aromatic rings. The molecule has 0 aliphatic carbocycles. The van der Waals surface area contributed by atoms with Gasteiger partial charge in [-0.25, -0.2) is 4.98 Å². The summed E-state index contributed by atoms with van der Waals surface area (Å²) in [6.45, 7) is 1.57. The predicted molar refractivity (Wildman–Crippen MR) is 100 cm³/mol. The minimum Gasteiger partial charge on any atom is -0.338 e. The minimum atomic E-state index is 0.761. The van der Waals surface area contributed by atoms with E-state index in [0.717, 1.165) is 40.9 Å². The van der Waals surface area contributed by atoms with E-state index in [1.54, 1.807) is 10.9 Å². The van der Waals surface area contributed by atoms with Gasteiger partial charge in [0, 0.05) is 37.1 Å². The highest BCUT2D eigenvalue weighted by Crippen LogP contribution is 2.27. The molecule has 3 N–H and O–H groups in total. The van der Waals surface area contributed by atoms with Gasteiger partial charge in [-0.3, -0.25) is 9.66 Å². The standard InChI is InChI=1S/C20H19N5/c21-25-12-9-19-18(8-11-24-20(19)25)16-6-4-15(5-7-16)13-22-14-17-3-1-2-10-23-17/h1-12,22H,13-14,21H2. The topological polar surface area (TPSA) is 68.8 Å². The molecule has 25 heavy (non-hydrogen) atoms. The summed E-state index contributed by atoms with van der Waals surface area (Å²) in [6, 6.07) is 18.5. The van der Waals surface area contributed by atoms with Crippen LogP contribution in [0.1, 0.15) is 11.3 Å². The van der Waals surface area contributed by atoms with E-state index in [0.29, 0.717) is 0 Å². The van der Waals surface area contributed by atoms with Crippen molar-refractivity contribution in [3.8, 4) is 11.1 Å². The van der Waals surface area contributed by atoms with E-state index in [1.165, 1.54) is 5.56 Å². The Labute approximate surface area is 146 Å². The van der Waals surface area contributed by atoms with Gasteiger partial charge >= 0.3 is 0 Å². The van der Waals surface area contributed by atoms with Crippen molar-refractivity contribution in [2.24, 2.45) is 0 Å². The molecular formula is C20H19N5. The Hall–Kier alpha value is -3.18. The number of benzene rings is 1. The van der Waals surface area contributed by atoms with Crippen LogP contribution in [-0.2, 0) is 13.1 Å². The third kappa shape index (κ3) is 3.22. The van der Waals surface area contributed by atoms with Gasteiger partial charge in [0.1, 0.15) is 0 Å². The first-order valence-corrected chi connectivity index (χ1v) is 8.22. The zero-order valence-corrected chi connectivity index (χ0v) is 13.8. The molecule has 0 atom stereocenters. The summed E-state index contributed by atoms with van der Waals surface area (Å²) in [5, 5.41) is 4.48. The quantitative estimate of drug-likeness (QED) is 0.552. The van der Waals surface area contributed by atoms with Crippen LogP contribution in [0.15, 0.2) is 73.2 Å². The molecule has 0 saturated carbocycles. The number of nitrogens with one attached hydrogen (secondary N) is 1. The van der Waals surface area contributed by atoms with Crippen LogP contribution in [0.3, 0.4) is 0 Å². The number of nitrogen functional groups attached to an aromatic ring is 1. The number of pyridine rings is 2. The summed E-state index contributed by atoms with van der Waals surface area (Å²) in [5.74, 6) is 5.89. The molecule has 1 aromatic carbocycles. The fourth-order valence-corrected chi connectivity index (χ4v) is 2.95. The van der Waals surface area contributed by atoms with Crippen LogP contribution in [0.25, 0.3) is 22.2 Å². The molecule has 0 spiro atoms. The van der Waals surface area contributed by atoms with E-state index in [9.17, 15) is 0 Å². The van der Waals surface area contributed by atoms with Gasteiger partial charge in [-0.2, -0.15) is 0 Å². The maximum Gasteiger partial charge on any atom is 0.158 e. The van der Waals surface area contributed by atoms with Crippen LogP contribution >= 0.6 is 0 Å². The SMILES string of the molecule is Nn1ccc2c(-c3ccc(CNCc4ccccn4)cc3)ccnc21. The van der Waals surface area contributed by atoms with Crippen LogP contribution in [-0.4, -0.2) is 14.6 Å². The van der Waals surface area contributed by atoms with Gasteiger partial charge in [0.05, 0.1) is 5.69 Å². The summed E-state index contributed by atoms with van der Waals surface area (Å²) in [4.78, 5) is 8.65. The third-order valence-corrected chi connectivity index (χ3v) is 4.24. The molecule has 0 aliphatic rings. The lowest BCUT2D eigenvalue weighted by molar-refractivity contribution is 0.680.